The van der Waals surface area contributed by atoms with E-state index in [0.717, 1.165) is 18.1 Å². The molecule has 0 fully saturated rings. The van der Waals surface area contributed by atoms with E-state index < -0.39 is 9.52 Å². The van der Waals surface area contributed by atoms with E-state index in [-0.39, 0.29) is 0 Å². The van der Waals surface area contributed by atoms with E-state index in [9.17, 15) is 0 Å². The van der Waals surface area contributed by atoms with Gasteiger partial charge in [0.1, 0.15) is 0 Å². The third kappa shape index (κ3) is 6.64. The Kier molecular flexibility index (Phi) is 8.32. The van der Waals surface area contributed by atoms with Gasteiger partial charge in [-0.2, -0.15) is 0 Å². The van der Waals surface area contributed by atoms with E-state index in [1.54, 1.807) is 0 Å². The minimum atomic E-state index is -1.24. The van der Waals surface area contributed by atoms with Crippen molar-refractivity contribution in [2.75, 3.05) is 18.1 Å². The largest absolute Gasteiger partial charge is 0.323 e. The molecule has 0 saturated heterocycles. The molecule has 0 unspecified atom stereocenters. The molecule has 0 N–H and O–H groups in total. The summed E-state index contributed by atoms with van der Waals surface area (Å²) in [5.74, 6) is 2.14. The van der Waals surface area contributed by atoms with Crippen LogP contribution in [0.3, 0.4) is 0 Å². The molecule has 0 rings (SSSR count). The van der Waals surface area contributed by atoms with Crippen LogP contribution in [0.2, 0.25) is 0 Å². The third-order valence-corrected chi connectivity index (χ3v) is 5.58. The molecule has 0 bridgehead atoms. The van der Waals surface area contributed by atoms with Crippen molar-refractivity contribution in [2.45, 2.75) is 46.5 Å². The van der Waals surface area contributed by atoms with Gasteiger partial charge in [-0.25, -0.2) is 0 Å². The van der Waals surface area contributed by atoms with Crippen LogP contribution in [0.25, 0.3) is 0 Å². The van der Waals surface area contributed by atoms with Gasteiger partial charge in [-0.15, -0.1) is 0 Å². The van der Waals surface area contributed by atoms with E-state index in [1.807, 2.05) is 6.92 Å². The van der Waals surface area contributed by atoms with Crippen LogP contribution >= 0.6 is 20.2 Å². The third-order valence-electron chi connectivity index (χ3n) is 1.93. The average Bonchev–Trinajstić information content (AvgIpc) is 2.12. The molecule has 0 amide bonds. The maximum absolute atomic E-state index is 6.46. The second-order valence-electron chi connectivity index (χ2n) is 3.24. The summed E-state index contributed by atoms with van der Waals surface area (Å²) in [6.07, 6.45) is 4.81. The lowest BCUT2D eigenvalue weighted by molar-refractivity contribution is 0.387. The summed E-state index contributed by atoms with van der Waals surface area (Å²) in [5.41, 5.74) is 0. The Morgan fingerprint density at radius 1 is 1.00 bits per heavy atom. The zero-order chi connectivity index (χ0) is 10.2. The van der Waals surface area contributed by atoms with E-state index in [0.29, 0.717) is 0 Å². The minimum absolute atomic E-state index is 0.756. The lowest BCUT2D eigenvalue weighted by atomic mass is 10.4. The Labute approximate surface area is 89.2 Å². The first-order valence-corrected chi connectivity index (χ1v) is 8.03. The highest BCUT2D eigenvalue weighted by Crippen LogP contribution is 2.55. The summed E-state index contributed by atoms with van der Waals surface area (Å²) < 4.78 is 5.68. The normalized spacial score (nSPS) is 13.2. The van der Waals surface area contributed by atoms with Crippen LogP contribution in [-0.2, 0) is 4.18 Å². The number of rotatable bonds is 8. The van der Waals surface area contributed by atoms with Crippen LogP contribution < -0.4 is 0 Å². The molecule has 13 heavy (non-hydrogen) atoms. The van der Waals surface area contributed by atoms with Crippen molar-refractivity contribution in [3.05, 3.63) is 0 Å². The van der Waals surface area contributed by atoms with Gasteiger partial charge in [-0.05, 0) is 30.4 Å². The average molecular weight is 227 g/mol. The molecular weight excluding hydrogens is 204 g/mol. The van der Waals surface area contributed by atoms with E-state index in [4.69, 9.17) is 14.9 Å². The number of hydrogen-bond acceptors (Lipinski definition) is 1. The highest BCUT2D eigenvalue weighted by atomic mass is 35.7. The summed E-state index contributed by atoms with van der Waals surface area (Å²) in [6.45, 7) is 7.18. The summed E-state index contributed by atoms with van der Waals surface area (Å²) in [6, 6.07) is 0. The maximum Gasteiger partial charge on any atom is 0.0578 e. The minimum Gasteiger partial charge on any atom is -0.323 e. The lowest BCUT2D eigenvalue weighted by Gasteiger charge is -2.32. The van der Waals surface area contributed by atoms with Crippen molar-refractivity contribution in [1.82, 2.24) is 0 Å². The molecule has 0 aliphatic rings. The van der Waals surface area contributed by atoms with Gasteiger partial charge in [0.25, 0.3) is 0 Å². The topological polar surface area (TPSA) is 9.23 Å². The molecule has 3 heteroatoms. The van der Waals surface area contributed by atoms with Crippen LogP contribution in [0.5, 0.6) is 0 Å². The van der Waals surface area contributed by atoms with Gasteiger partial charge in [-0.3, -0.25) is 0 Å². The van der Waals surface area contributed by atoms with Crippen molar-refractivity contribution >= 4 is 20.2 Å². The molecule has 0 spiro atoms. The lowest BCUT2D eigenvalue weighted by Crippen LogP contribution is -2.07. The molecule has 0 radical (unpaired) electrons. The molecular formula is C10H23ClOS. The number of unbranched alkanes of at least 4 members (excludes halogenated alkanes) is 2. The van der Waals surface area contributed by atoms with Crippen LogP contribution in [0.4, 0.5) is 0 Å². The molecule has 0 aliphatic heterocycles. The molecule has 0 aromatic carbocycles. The fraction of sp³-hybridized carbons (Fsp3) is 1.00. The monoisotopic (exact) mass is 226 g/mol. The summed E-state index contributed by atoms with van der Waals surface area (Å²) in [7, 11) is 5.22. The zero-order valence-electron chi connectivity index (χ0n) is 9.14. The van der Waals surface area contributed by atoms with Gasteiger partial charge >= 0.3 is 0 Å². The van der Waals surface area contributed by atoms with Gasteiger partial charge in [0, 0.05) is 11.5 Å². The molecule has 0 heterocycles. The summed E-state index contributed by atoms with van der Waals surface area (Å²) in [5, 5.41) is 0. The molecule has 0 saturated carbocycles. The number of halogens is 1. The van der Waals surface area contributed by atoms with E-state index in [2.05, 4.69) is 13.8 Å². The highest BCUT2D eigenvalue weighted by molar-refractivity contribution is 8.47. The molecule has 0 aromatic heterocycles. The summed E-state index contributed by atoms with van der Waals surface area (Å²) in [4.78, 5) is 0. The Morgan fingerprint density at radius 3 is 1.77 bits per heavy atom. The quantitative estimate of drug-likeness (QED) is 0.592. The Bertz CT molecular complexity index is 111. The Morgan fingerprint density at radius 2 is 1.46 bits per heavy atom. The Balaban J connectivity index is 3.84. The van der Waals surface area contributed by atoms with Crippen molar-refractivity contribution in [3.63, 3.8) is 0 Å². The Hall–Kier alpha value is 0.600. The van der Waals surface area contributed by atoms with Gasteiger partial charge in [-0.1, -0.05) is 36.2 Å². The smallest absolute Gasteiger partial charge is 0.0578 e. The fourth-order valence-electron chi connectivity index (χ4n) is 1.15. The van der Waals surface area contributed by atoms with Crippen molar-refractivity contribution < 1.29 is 4.18 Å². The first-order valence-electron chi connectivity index (χ1n) is 5.31. The van der Waals surface area contributed by atoms with E-state index in [1.165, 1.54) is 25.7 Å². The van der Waals surface area contributed by atoms with Crippen LogP contribution in [-0.4, -0.2) is 18.1 Å². The molecule has 0 atom stereocenters. The van der Waals surface area contributed by atoms with Crippen molar-refractivity contribution in [3.8, 4) is 0 Å². The van der Waals surface area contributed by atoms with Gasteiger partial charge in [0.2, 0.25) is 0 Å². The van der Waals surface area contributed by atoms with Crippen molar-refractivity contribution in [1.29, 1.82) is 0 Å². The van der Waals surface area contributed by atoms with Gasteiger partial charge in [0.15, 0.2) is 0 Å². The first-order chi connectivity index (χ1) is 6.18. The van der Waals surface area contributed by atoms with Gasteiger partial charge in [0.05, 0.1) is 6.61 Å². The first kappa shape index (κ1) is 13.6. The second kappa shape index (κ2) is 7.95. The molecule has 0 aromatic rings. The molecule has 0 aliphatic carbocycles. The molecule has 82 valence electrons. The SMILES string of the molecule is CCCCS(Cl)(CCCC)OCC. The van der Waals surface area contributed by atoms with Crippen LogP contribution in [0.15, 0.2) is 0 Å². The molecule has 1 nitrogen and oxygen atoms in total. The van der Waals surface area contributed by atoms with Crippen molar-refractivity contribution in [2.24, 2.45) is 0 Å². The van der Waals surface area contributed by atoms with Crippen LogP contribution in [0, 0.1) is 0 Å². The summed E-state index contributed by atoms with van der Waals surface area (Å²) >= 11 is 0. The highest BCUT2D eigenvalue weighted by Gasteiger charge is 2.19. The maximum atomic E-state index is 6.46. The van der Waals surface area contributed by atoms with Gasteiger partial charge < -0.3 is 4.18 Å². The second-order valence-corrected chi connectivity index (χ2v) is 7.42. The predicted molar refractivity (Wildman–Crippen MR) is 64.6 cm³/mol. The van der Waals surface area contributed by atoms with E-state index >= 15 is 0 Å². The predicted octanol–water partition coefficient (Wildman–Crippen LogP) is 4.50. The fourth-order valence-corrected chi connectivity index (χ4v) is 4.37. The zero-order valence-corrected chi connectivity index (χ0v) is 10.7. The van der Waals surface area contributed by atoms with Crippen LogP contribution in [0.1, 0.15) is 46.5 Å². The standard InChI is InChI=1S/C10H23ClOS/c1-4-7-9-13(11,12-6-3)10-8-5-2/h4-10H2,1-3H3. The number of hydrogen-bond donors (Lipinski definition) is 0.